The Hall–Kier alpha value is -2.10. The Morgan fingerprint density at radius 2 is 1.90 bits per heavy atom. The second-order valence-electron chi connectivity index (χ2n) is 5.63. The molecule has 1 rings (SSSR count). The molecule has 0 amide bonds. The minimum atomic E-state index is -1.34. The molecule has 0 saturated carbocycles. The van der Waals surface area contributed by atoms with E-state index in [4.69, 9.17) is 9.94 Å². The number of allylic oxidation sites excluding steroid dienone is 2. The van der Waals surface area contributed by atoms with Gasteiger partial charge in [-0.15, -0.1) is 0 Å². The van der Waals surface area contributed by atoms with E-state index in [-0.39, 0.29) is 0 Å². The number of hydrogen-bond donors (Lipinski definition) is 1. The summed E-state index contributed by atoms with van der Waals surface area (Å²) in [6.45, 7) is 7.06. The summed E-state index contributed by atoms with van der Waals surface area (Å²) in [4.78, 5) is 16.3. The molecule has 0 radical (unpaired) electrons. The highest BCUT2D eigenvalue weighted by Crippen LogP contribution is 2.14. The second kappa shape index (κ2) is 7.62. The van der Waals surface area contributed by atoms with Gasteiger partial charge in [0.05, 0.1) is 5.71 Å². The van der Waals surface area contributed by atoms with Gasteiger partial charge in [-0.1, -0.05) is 47.1 Å². The van der Waals surface area contributed by atoms with E-state index in [1.807, 2.05) is 44.2 Å². The maximum atomic E-state index is 11.1. The van der Waals surface area contributed by atoms with Crippen molar-refractivity contribution in [3.8, 4) is 0 Å². The number of nitrogens with zero attached hydrogens (tertiary/aromatic N) is 1. The molecule has 0 bridgehead atoms. The van der Waals surface area contributed by atoms with Gasteiger partial charge in [-0.25, -0.2) is 4.79 Å². The molecule has 114 valence electrons. The Balaban J connectivity index is 2.91. The van der Waals surface area contributed by atoms with E-state index in [1.165, 1.54) is 19.4 Å². The smallest absolute Gasteiger partial charge is 0.350 e. The van der Waals surface area contributed by atoms with Gasteiger partial charge in [-0.2, -0.15) is 0 Å². The van der Waals surface area contributed by atoms with Gasteiger partial charge in [0, 0.05) is 0 Å². The lowest BCUT2D eigenvalue weighted by Gasteiger charge is -2.17. The fourth-order valence-electron chi connectivity index (χ4n) is 1.58. The van der Waals surface area contributed by atoms with Crippen LogP contribution < -0.4 is 0 Å². The van der Waals surface area contributed by atoms with Crippen LogP contribution in [-0.4, -0.2) is 22.4 Å². The summed E-state index contributed by atoms with van der Waals surface area (Å²) in [7, 11) is 0. The zero-order chi connectivity index (χ0) is 15.9. The van der Waals surface area contributed by atoms with Crippen LogP contribution in [0, 0.1) is 0 Å². The Labute approximate surface area is 126 Å². The Bertz CT molecular complexity index is 526. The molecule has 0 saturated heterocycles. The molecule has 1 aromatic carbocycles. The number of carbonyl (C=O) groups is 1. The first-order valence-electron chi connectivity index (χ1n) is 7.00. The third-order valence-corrected chi connectivity index (χ3v) is 2.94. The van der Waals surface area contributed by atoms with E-state index >= 15 is 0 Å². The molecular formula is C17H23NO3. The third kappa shape index (κ3) is 5.81. The second-order valence-corrected chi connectivity index (χ2v) is 5.63. The van der Waals surface area contributed by atoms with Crippen LogP contribution in [0.5, 0.6) is 0 Å². The highest BCUT2D eigenvalue weighted by molar-refractivity contribution is 6.00. The maximum absolute atomic E-state index is 11.1. The standard InChI is InChI=1S/C17H23NO3/c1-13(2)9-8-12-15(14-10-6-5-7-11-14)18-21-17(3,4)16(19)20/h5-7,9-11H,8,12H2,1-4H3,(H,19,20)/b18-15-. The Kier molecular flexibility index (Phi) is 6.15. The fourth-order valence-corrected chi connectivity index (χ4v) is 1.58. The van der Waals surface area contributed by atoms with Crippen LogP contribution in [0.25, 0.3) is 0 Å². The highest BCUT2D eigenvalue weighted by atomic mass is 16.7. The monoisotopic (exact) mass is 289 g/mol. The van der Waals surface area contributed by atoms with Crippen molar-refractivity contribution in [2.24, 2.45) is 5.16 Å². The summed E-state index contributed by atoms with van der Waals surface area (Å²) in [5, 5.41) is 13.2. The van der Waals surface area contributed by atoms with Gasteiger partial charge in [0.2, 0.25) is 5.60 Å². The number of oxime groups is 1. The van der Waals surface area contributed by atoms with Crippen LogP contribution in [0.2, 0.25) is 0 Å². The van der Waals surface area contributed by atoms with Crippen molar-refractivity contribution >= 4 is 11.7 Å². The van der Waals surface area contributed by atoms with Gasteiger partial charge >= 0.3 is 5.97 Å². The SMILES string of the molecule is CC(C)=CCC/C(=N/OC(C)(C)C(=O)O)c1ccccc1. The molecule has 21 heavy (non-hydrogen) atoms. The normalized spacial score (nSPS) is 11.9. The summed E-state index contributed by atoms with van der Waals surface area (Å²) >= 11 is 0. The van der Waals surface area contributed by atoms with Gasteiger partial charge in [0.25, 0.3) is 0 Å². The predicted molar refractivity (Wildman–Crippen MR) is 84.4 cm³/mol. The first kappa shape index (κ1) is 17.0. The molecule has 0 atom stereocenters. The molecule has 0 aliphatic rings. The molecule has 0 spiro atoms. The van der Waals surface area contributed by atoms with Crippen molar-refractivity contribution in [3.63, 3.8) is 0 Å². The summed E-state index contributed by atoms with van der Waals surface area (Å²) in [6.07, 6.45) is 3.67. The van der Waals surface area contributed by atoms with E-state index in [0.717, 1.165) is 17.7 Å². The van der Waals surface area contributed by atoms with Crippen LogP contribution in [0.1, 0.15) is 46.1 Å². The lowest BCUT2D eigenvalue weighted by atomic mass is 10.1. The zero-order valence-corrected chi connectivity index (χ0v) is 13.1. The van der Waals surface area contributed by atoms with Crippen molar-refractivity contribution in [3.05, 3.63) is 47.5 Å². The van der Waals surface area contributed by atoms with Crippen molar-refractivity contribution in [1.82, 2.24) is 0 Å². The molecule has 4 nitrogen and oxygen atoms in total. The molecule has 0 aliphatic carbocycles. The summed E-state index contributed by atoms with van der Waals surface area (Å²) in [5.74, 6) is -1.04. The first-order chi connectivity index (χ1) is 9.83. The van der Waals surface area contributed by atoms with Crippen LogP contribution in [0.3, 0.4) is 0 Å². The van der Waals surface area contributed by atoms with Crippen molar-refractivity contribution in [2.75, 3.05) is 0 Å². The van der Waals surface area contributed by atoms with Gasteiger partial charge < -0.3 is 9.94 Å². The summed E-state index contributed by atoms with van der Waals surface area (Å²) in [6, 6.07) is 9.67. The average molecular weight is 289 g/mol. The van der Waals surface area contributed by atoms with E-state index in [1.54, 1.807) is 0 Å². The van der Waals surface area contributed by atoms with Crippen LogP contribution in [0.15, 0.2) is 47.1 Å². The molecule has 0 heterocycles. The van der Waals surface area contributed by atoms with Crippen LogP contribution >= 0.6 is 0 Å². The number of aliphatic carboxylic acids is 1. The summed E-state index contributed by atoms with van der Waals surface area (Å²) in [5.41, 5.74) is 1.61. The van der Waals surface area contributed by atoms with Gasteiger partial charge in [-0.05, 0) is 46.1 Å². The van der Waals surface area contributed by atoms with Gasteiger partial charge in [0.1, 0.15) is 0 Å². The Morgan fingerprint density at radius 3 is 2.43 bits per heavy atom. The topological polar surface area (TPSA) is 58.9 Å². The number of rotatable bonds is 7. The number of carboxylic acid groups (broad SMARTS) is 1. The average Bonchev–Trinajstić information content (AvgIpc) is 2.43. The zero-order valence-electron chi connectivity index (χ0n) is 13.1. The quantitative estimate of drug-likeness (QED) is 0.468. The maximum Gasteiger partial charge on any atom is 0.350 e. The van der Waals surface area contributed by atoms with Gasteiger partial charge in [-0.3, -0.25) is 0 Å². The van der Waals surface area contributed by atoms with E-state index in [2.05, 4.69) is 11.2 Å². The van der Waals surface area contributed by atoms with Crippen molar-refractivity contribution in [1.29, 1.82) is 0 Å². The van der Waals surface area contributed by atoms with E-state index in [9.17, 15) is 4.79 Å². The lowest BCUT2D eigenvalue weighted by molar-refractivity contribution is -0.161. The molecule has 0 aliphatic heterocycles. The molecule has 1 N–H and O–H groups in total. The first-order valence-corrected chi connectivity index (χ1v) is 7.00. The minimum absolute atomic E-state index is 0.699. The van der Waals surface area contributed by atoms with Crippen molar-refractivity contribution in [2.45, 2.75) is 46.1 Å². The number of benzene rings is 1. The van der Waals surface area contributed by atoms with Crippen molar-refractivity contribution < 1.29 is 14.7 Å². The largest absolute Gasteiger partial charge is 0.478 e. The fraction of sp³-hybridized carbons (Fsp3) is 0.412. The Morgan fingerprint density at radius 1 is 1.29 bits per heavy atom. The summed E-state index contributed by atoms with van der Waals surface area (Å²) < 4.78 is 0. The number of hydrogen-bond acceptors (Lipinski definition) is 3. The van der Waals surface area contributed by atoms with Crippen LogP contribution in [-0.2, 0) is 9.63 Å². The number of carboxylic acids is 1. The molecule has 1 aromatic rings. The molecule has 4 heteroatoms. The van der Waals surface area contributed by atoms with Gasteiger partial charge in [0.15, 0.2) is 0 Å². The molecule has 0 fully saturated rings. The molecule has 0 aromatic heterocycles. The molecular weight excluding hydrogens is 266 g/mol. The van der Waals surface area contributed by atoms with E-state index in [0.29, 0.717) is 6.42 Å². The van der Waals surface area contributed by atoms with E-state index < -0.39 is 11.6 Å². The molecule has 0 unspecified atom stereocenters. The minimum Gasteiger partial charge on any atom is -0.478 e. The van der Waals surface area contributed by atoms with Crippen LogP contribution in [0.4, 0.5) is 0 Å². The highest BCUT2D eigenvalue weighted by Gasteiger charge is 2.29. The third-order valence-electron chi connectivity index (χ3n) is 2.94. The predicted octanol–water partition coefficient (Wildman–Crippen LogP) is 4.02. The lowest BCUT2D eigenvalue weighted by Crippen LogP contribution is -2.33.